The number of hydrogen-bond acceptors (Lipinski definition) is 3. The Labute approximate surface area is 83.7 Å². The van der Waals surface area contributed by atoms with Crippen LogP contribution in [-0.2, 0) is 0 Å². The van der Waals surface area contributed by atoms with Crippen molar-refractivity contribution in [3.8, 4) is 0 Å². The summed E-state index contributed by atoms with van der Waals surface area (Å²) in [5, 5.41) is -1.65. The zero-order chi connectivity index (χ0) is 10.1. The first-order valence-electron chi connectivity index (χ1n) is 3.53. The Morgan fingerprint density at radius 3 is 2.62 bits per heavy atom. The van der Waals surface area contributed by atoms with E-state index in [-0.39, 0.29) is 0 Å². The maximum atomic E-state index is 12.8. The van der Waals surface area contributed by atoms with E-state index in [0.717, 1.165) is 5.56 Å². The van der Waals surface area contributed by atoms with E-state index >= 15 is 0 Å². The van der Waals surface area contributed by atoms with E-state index in [9.17, 15) is 8.78 Å². The van der Waals surface area contributed by atoms with Gasteiger partial charge in [0, 0.05) is 4.88 Å². The van der Waals surface area contributed by atoms with Crippen LogP contribution in [0.4, 0.5) is 8.78 Å². The summed E-state index contributed by atoms with van der Waals surface area (Å²) in [6.45, 7) is 1.73. The third-order valence-corrected chi connectivity index (χ3v) is 2.96. The van der Waals surface area contributed by atoms with Crippen LogP contribution in [0.2, 0.25) is 0 Å². The highest BCUT2D eigenvalue weighted by atomic mass is 35.5. The predicted octanol–water partition coefficient (Wildman–Crippen LogP) is 2.39. The molecule has 0 aliphatic carbocycles. The lowest BCUT2D eigenvalue weighted by Gasteiger charge is -2.20. The predicted molar refractivity (Wildman–Crippen MR) is 49.9 cm³/mol. The van der Waals surface area contributed by atoms with E-state index in [1.807, 2.05) is 5.43 Å². The first-order valence-corrected chi connectivity index (χ1v) is 4.79. The molecule has 2 nitrogen and oxygen atoms in total. The van der Waals surface area contributed by atoms with Gasteiger partial charge in [-0.05, 0) is 35.5 Å². The van der Waals surface area contributed by atoms with Gasteiger partial charge in [0.25, 0.3) is 0 Å². The van der Waals surface area contributed by atoms with Crippen molar-refractivity contribution in [3.05, 3.63) is 21.9 Å². The van der Waals surface area contributed by atoms with E-state index in [2.05, 4.69) is 0 Å². The summed E-state index contributed by atoms with van der Waals surface area (Å²) in [5.74, 6) is 5.01. The van der Waals surface area contributed by atoms with Gasteiger partial charge in [-0.3, -0.25) is 5.84 Å². The first kappa shape index (κ1) is 10.8. The average Bonchev–Trinajstić information content (AvgIpc) is 2.35. The highest BCUT2D eigenvalue weighted by Crippen LogP contribution is 2.37. The smallest absolute Gasteiger partial charge is 0.271 e. The van der Waals surface area contributed by atoms with Crippen molar-refractivity contribution in [3.63, 3.8) is 0 Å². The summed E-state index contributed by atoms with van der Waals surface area (Å²) in [6, 6.07) is 0.418. The molecule has 74 valence electrons. The molecule has 1 unspecified atom stereocenters. The number of nitrogens with two attached hydrogens (primary N) is 1. The lowest BCUT2D eigenvalue weighted by Crippen LogP contribution is -2.37. The fourth-order valence-corrected chi connectivity index (χ4v) is 2.26. The molecule has 0 bridgehead atoms. The molecular weight excluding hydrogens is 218 g/mol. The van der Waals surface area contributed by atoms with Crippen LogP contribution in [0.5, 0.6) is 0 Å². The number of halogens is 3. The van der Waals surface area contributed by atoms with Crippen LogP contribution in [0.1, 0.15) is 16.5 Å². The second-order valence-corrected chi connectivity index (χ2v) is 4.06. The fourth-order valence-electron chi connectivity index (χ4n) is 0.999. The third kappa shape index (κ3) is 2.37. The minimum absolute atomic E-state index is 0.461. The Morgan fingerprint density at radius 2 is 2.31 bits per heavy atom. The maximum absolute atomic E-state index is 12.8. The van der Waals surface area contributed by atoms with Gasteiger partial charge in [0.15, 0.2) is 0 Å². The summed E-state index contributed by atoms with van der Waals surface area (Å²) < 4.78 is 25.5. The normalized spacial score (nSPS) is 14.5. The molecule has 0 saturated heterocycles. The molecule has 3 N–H and O–H groups in total. The molecule has 0 amide bonds. The van der Waals surface area contributed by atoms with Crippen molar-refractivity contribution in [2.45, 2.75) is 18.3 Å². The number of thiophene rings is 1. The number of hydrogen-bond donors (Lipinski definition) is 2. The van der Waals surface area contributed by atoms with Gasteiger partial charge in [-0.1, -0.05) is 0 Å². The van der Waals surface area contributed by atoms with E-state index in [4.69, 9.17) is 17.4 Å². The van der Waals surface area contributed by atoms with Gasteiger partial charge >= 0.3 is 5.38 Å². The molecule has 0 aromatic carbocycles. The van der Waals surface area contributed by atoms with E-state index in [0.29, 0.717) is 4.88 Å². The van der Waals surface area contributed by atoms with Gasteiger partial charge in [0.1, 0.15) is 6.04 Å². The molecule has 1 aromatic heterocycles. The van der Waals surface area contributed by atoms with Crippen molar-refractivity contribution in [2.75, 3.05) is 0 Å². The van der Waals surface area contributed by atoms with Crippen LogP contribution in [-0.4, -0.2) is 5.38 Å². The van der Waals surface area contributed by atoms with Gasteiger partial charge in [-0.25, -0.2) is 5.43 Å². The van der Waals surface area contributed by atoms with E-state index < -0.39 is 11.4 Å². The van der Waals surface area contributed by atoms with Crippen LogP contribution in [0.15, 0.2) is 11.4 Å². The molecule has 0 aliphatic heterocycles. The molecular formula is C7H9ClF2N2S. The quantitative estimate of drug-likeness (QED) is 0.472. The summed E-state index contributed by atoms with van der Waals surface area (Å²) in [5.41, 5.74) is 2.77. The molecule has 0 fully saturated rings. The van der Waals surface area contributed by atoms with Crippen molar-refractivity contribution < 1.29 is 8.78 Å². The Morgan fingerprint density at radius 1 is 1.69 bits per heavy atom. The van der Waals surface area contributed by atoms with E-state index in [1.165, 1.54) is 11.3 Å². The summed E-state index contributed by atoms with van der Waals surface area (Å²) in [6.07, 6.45) is 0. The van der Waals surface area contributed by atoms with Crippen molar-refractivity contribution in [1.82, 2.24) is 5.43 Å². The van der Waals surface area contributed by atoms with Gasteiger partial charge in [0.2, 0.25) is 0 Å². The van der Waals surface area contributed by atoms with Crippen LogP contribution >= 0.6 is 22.9 Å². The van der Waals surface area contributed by atoms with Gasteiger partial charge in [-0.15, -0.1) is 11.3 Å². The van der Waals surface area contributed by atoms with Crippen molar-refractivity contribution in [1.29, 1.82) is 0 Å². The van der Waals surface area contributed by atoms with Crippen LogP contribution in [0.3, 0.4) is 0 Å². The topological polar surface area (TPSA) is 38.0 Å². The molecule has 0 aliphatic rings. The number of alkyl halides is 3. The number of nitrogens with one attached hydrogen (secondary N) is 1. The van der Waals surface area contributed by atoms with Gasteiger partial charge in [-0.2, -0.15) is 8.78 Å². The molecule has 1 rings (SSSR count). The van der Waals surface area contributed by atoms with Crippen molar-refractivity contribution >= 4 is 22.9 Å². The Kier molecular flexibility index (Phi) is 3.23. The van der Waals surface area contributed by atoms with Crippen LogP contribution in [0, 0.1) is 6.92 Å². The number of aryl methyl sites for hydroxylation is 1. The minimum Gasteiger partial charge on any atom is -0.271 e. The number of rotatable bonds is 3. The summed E-state index contributed by atoms with van der Waals surface area (Å²) in [4.78, 5) is 0.461. The SMILES string of the molecule is Cc1ccsc1C(NN)C(F)(F)Cl. The standard InChI is InChI=1S/C7H9ClF2N2S/c1-4-2-3-13-5(4)6(12-11)7(8,9)10/h2-3,6,12H,11H2,1H3. The highest BCUT2D eigenvalue weighted by Gasteiger charge is 2.39. The number of hydrazine groups is 1. The molecule has 13 heavy (non-hydrogen) atoms. The second-order valence-electron chi connectivity index (χ2n) is 2.61. The lowest BCUT2D eigenvalue weighted by atomic mass is 10.2. The second kappa shape index (κ2) is 3.88. The molecule has 6 heteroatoms. The van der Waals surface area contributed by atoms with Gasteiger partial charge < -0.3 is 0 Å². The van der Waals surface area contributed by atoms with E-state index in [1.54, 1.807) is 18.4 Å². The molecule has 0 saturated carbocycles. The third-order valence-electron chi connectivity index (χ3n) is 1.66. The zero-order valence-corrected chi connectivity index (χ0v) is 8.42. The first-order chi connectivity index (χ1) is 5.96. The van der Waals surface area contributed by atoms with Gasteiger partial charge in [0.05, 0.1) is 0 Å². The zero-order valence-electron chi connectivity index (χ0n) is 6.85. The van der Waals surface area contributed by atoms with Crippen molar-refractivity contribution in [2.24, 2.45) is 5.84 Å². The summed E-state index contributed by atoms with van der Waals surface area (Å²) in [7, 11) is 0. The minimum atomic E-state index is -3.37. The Hall–Kier alpha value is -0.230. The fraction of sp³-hybridized carbons (Fsp3) is 0.429. The Bertz CT molecular complexity index is 284. The molecule has 1 aromatic rings. The lowest BCUT2D eigenvalue weighted by molar-refractivity contribution is 0.0509. The van der Waals surface area contributed by atoms with Crippen LogP contribution < -0.4 is 11.3 Å². The average molecular weight is 227 g/mol. The monoisotopic (exact) mass is 226 g/mol. The molecule has 0 spiro atoms. The Balaban J connectivity index is 2.98. The molecule has 1 heterocycles. The molecule has 1 atom stereocenters. The molecule has 0 radical (unpaired) electrons. The maximum Gasteiger partial charge on any atom is 0.342 e. The van der Waals surface area contributed by atoms with Crippen LogP contribution in [0.25, 0.3) is 0 Å². The summed E-state index contributed by atoms with van der Waals surface area (Å²) >= 11 is 6.10. The largest absolute Gasteiger partial charge is 0.342 e. The highest BCUT2D eigenvalue weighted by molar-refractivity contribution is 7.10.